The van der Waals surface area contributed by atoms with Gasteiger partial charge in [0.15, 0.2) is 0 Å². The van der Waals surface area contributed by atoms with Gasteiger partial charge in [-0.25, -0.2) is 0 Å². The Bertz CT molecular complexity index is 829. The zero-order valence-corrected chi connectivity index (χ0v) is 21.2. The molecule has 1 aliphatic heterocycles. The van der Waals surface area contributed by atoms with E-state index < -0.39 is 18.1 Å². The molecular weight excluding hydrogens is 448 g/mol. The van der Waals surface area contributed by atoms with Gasteiger partial charge < -0.3 is 19.0 Å². The predicted octanol–water partition coefficient (Wildman–Crippen LogP) is 3.26. The third-order valence-electron chi connectivity index (χ3n) is 7.17. The lowest BCUT2D eigenvalue weighted by molar-refractivity contribution is -0.151. The smallest absolute Gasteiger partial charge is 0.323 e. The van der Waals surface area contributed by atoms with Gasteiger partial charge >= 0.3 is 11.9 Å². The topological polar surface area (TPSA) is 94.2 Å². The largest absolute Gasteiger partial charge is 0.497 e. The number of fused-ring (bicyclic) bond motifs is 1. The number of ether oxygens (including phenoxy) is 3. The molecule has 1 heterocycles. The van der Waals surface area contributed by atoms with E-state index in [9.17, 15) is 14.4 Å². The normalized spacial score (nSPS) is 23.7. The summed E-state index contributed by atoms with van der Waals surface area (Å²) in [5, 5.41) is 3.19. The van der Waals surface area contributed by atoms with Gasteiger partial charge in [-0.1, -0.05) is 38.3 Å². The van der Waals surface area contributed by atoms with E-state index in [1.54, 1.807) is 14.0 Å². The predicted molar refractivity (Wildman–Crippen MR) is 132 cm³/mol. The van der Waals surface area contributed by atoms with Crippen LogP contribution in [0.15, 0.2) is 24.3 Å². The second-order valence-corrected chi connectivity index (χ2v) is 9.52. The molecule has 1 N–H and O–H groups in total. The van der Waals surface area contributed by atoms with Crippen molar-refractivity contribution in [3.63, 3.8) is 0 Å². The average molecular weight is 489 g/mol. The minimum atomic E-state index is -0.575. The fourth-order valence-corrected chi connectivity index (χ4v) is 5.44. The van der Waals surface area contributed by atoms with E-state index in [0.717, 1.165) is 49.7 Å². The van der Waals surface area contributed by atoms with Crippen molar-refractivity contribution in [3.8, 4) is 5.75 Å². The van der Waals surface area contributed by atoms with Gasteiger partial charge in [0.2, 0.25) is 0 Å². The van der Waals surface area contributed by atoms with Gasteiger partial charge in [-0.15, -0.1) is 0 Å². The van der Waals surface area contributed by atoms with E-state index in [0.29, 0.717) is 25.5 Å². The number of esters is 2. The minimum Gasteiger partial charge on any atom is -0.497 e. The van der Waals surface area contributed by atoms with E-state index in [1.807, 2.05) is 31.2 Å². The Morgan fingerprint density at radius 3 is 2.54 bits per heavy atom. The van der Waals surface area contributed by atoms with Crippen molar-refractivity contribution in [1.29, 1.82) is 0 Å². The average Bonchev–Trinajstić information content (AvgIpc) is 3.25. The van der Waals surface area contributed by atoms with E-state index >= 15 is 0 Å². The molecule has 8 heteroatoms. The number of carbonyl (C=O) groups excluding carboxylic acids is 3. The highest BCUT2D eigenvalue weighted by molar-refractivity contribution is 5.77. The molecule has 0 aromatic heterocycles. The molecule has 2 aliphatic rings. The van der Waals surface area contributed by atoms with Crippen molar-refractivity contribution in [3.05, 3.63) is 29.8 Å². The van der Waals surface area contributed by atoms with Crippen LogP contribution < -0.4 is 10.1 Å². The maximum absolute atomic E-state index is 13.2. The monoisotopic (exact) mass is 488 g/mol. The Kier molecular flexibility index (Phi) is 10.5. The van der Waals surface area contributed by atoms with Crippen molar-refractivity contribution < 1.29 is 28.6 Å². The van der Waals surface area contributed by atoms with Gasteiger partial charge in [0.05, 0.1) is 19.8 Å². The second-order valence-electron chi connectivity index (χ2n) is 9.52. The van der Waals surface area contributed by atoms with Gasteiger partial charge in [-0.2, -0.15) is 0 Å². The summed E-state index contributed by atoms with van der Waals surface area (Å²) < 4.78 is 16.1. The molecule has 3 rings (SSSR count). The summed E-state index contributed by atoms with van der Waals surface area (Å²) >= 11 is 0. The maximum Gasteiger partial charge on any atom is 0.323 e. The van der Waals surface area contributed by atoms with Gasteiger partial charge in [0.1, 0.15) is 30.7 Å². The molecule has 1 saturated carbocycles. The van der Waals surface area contributed by atoms with Crippen LogP contribution in [-0.4, -0.2) is 67.6 Å². The van der Waals surface area contributed by atoms with Gasteiger partial charge in [-0.05, 0) is 56.2 Å². The first-order valence-electron chi connectivity index (χ1n) is 12.9. The van der Waals surface area contributed by atoms with Crippen LogP contribution in [0.4, 0.5) is 0 Å². The van der Waals surface area contributed by atoms with E-state index in [2.05, 4.69) is 10.2 Å². The summed E-state index contributed by atoms with van der Waals surface area (Å²) in [7, 11) is 1.61. The van der Waals surface area contributed by atoms with Crippen LogP contribution in [0.2, 0.25) is 0 Å². The third kappa shape index (κ3) is 7.27. The molecule has 0 unspecified atom stereocenters. The first kappa shape index (κ1) is 27.1. The lowest BCUT2D eigenvalue weighted by atomic mass is 9.84. The van der Waals surface area contributed by atoms with Crippen molar-refractivity contribution in [2.24, 2.45) is 5.92 Å². The highest BCUT2D eigenvalue weighted by Gasteiger charge is 2.46. The zero-order valence-electron chi connectivity index (χ0n) is 21.2. The molecule has 0 radical (unpaired) electrons. The van der Waals surface area contributed by atoms with E-state index in [1.165, 1.54) is 6.42 Å². The zero-order chi connectivity index (χ0) is 25.2. The number of hydrogen-bond donors (Lipinski definition) is 1. The van der Waals surface area contributed by atoms with E-state index in [4.69, 9.17) is 14.2 Å². The number of aldehydes is 1. The number of nitrogens with one attached hydrogen (secondary N) is 1. The maximum atomic E-state index is 13.2. The Balaban J connectivity index is 1.68. The fraction of sp³-hybridized carbons (Fsp3) is 0.667. The van der Waals surface area contributed by atoms with Crippen LogP contribution >= 0.6 is 0 Å². The summed E-state index contributed by atoms with van der Waals surface area (Å²) in [5.74, 6) is 0.581. The molecule has 1 aromatic carbocycles. The fourth-order valence-electron chi connectivity index (χ4n) is 5.44. The van der Waals surface area contributed by atoms with Crippen molar-refractivity contribution in [2.45, 2.75) is 89.6 Å². The van der Waals surface area contributed by atoms with Crippen molar-refractivity contribution >= 4 is 18.2 Å². The molecule has 5 atom stereocenters. The lowest BCUT2D eigenvalue weighted by Gasteiger charge is -2.35. The Morgan fingerprint density at radius 1 is 1.14 bits per heavy atom. The molecule has 1 aliphatic carbocycles. The lowest BCUT2D eigenvalue weighted by Crippen LogP contribution is -2.53. The van der Waals surface area contributed by atoms with E-state index in [-0.39, 0.29) is 24.6 Å². The van der Waals surface area contributed by atoms with Crippen LogP contribution in [0, 0.1) is 5.92 Å². The number of nitrogens with zero attached hydrogens (tertiary/aromatic N) is 1. The number of hydrogen-bond acceptors (Lipinski definition) is 8. The third-order valence-corrected chi connectivity index (χ3v) is 7.17. The second kappa shape index (κ2) is 13.6. The van der Waals surface area contributed by atoms with Crippen LogP contribution in [0.5, 0.6) is 5.75 Å². The first-order valence-corrected chi connectivity index (χ1v) is 12.9. The molecular formula is C27H40N2O6. The minimum absolute atomic E-state index is 0.194. The van der Waals surface area contributed by atoms with Crippen molar-refractivity contribution in [1.82, 2.24) is 10.2 Å². The number of methoxy groups -OCH3 is 1. The molecule has 1 aromatic rings. The number of rotatable bonds is 13. The highest BCUT2D eigenvalue weighted by atomic mass is 16.5. The number of carbonyl (C=O) groups is 3. The SMILES string of the molecule is CCC[C@H](N[C@H](C=O)CN1[C@H](C(=O)OCc2ccc(OC)cc2)C[C@@H]2CCCC[C@@H]21)C(=O)OCC. The summed E-state index contributed by atoms with van der Waals surface area (Å²) in [6.07, 6.45) is 7.34. The highest BCUT2D eigenvalue weighted by Crippen LogP contribution is 2.40. The van der Waals surface area contributed by atoms with Gasteiger partial charge in [0.25, 0.3) is 0 Å². The van der Waals surface area contributed by atoms with Gasteiger partial charge in [-0.3, -0.25) is 19.8 Å². The Labute approximate surface area is 208 Å². The standard InChI is InChI=1S/C27H40N2O6/c1-4-8-23(26(31)34-5-2)28-21(17-30)16-29-24-10-7-6-9-20(24)15-25(29)27(32)35-18-19-11-13-22(33-3)14-12-19/h11-14,17,20-21,23-25,28H,4-10,15-16,18H2,1-3H3/t20-,21-,23-,24-,25-/m0/s1. The number of likely N-dealkylation sites (tertiary alicyclic amines) is 1. The van der Waals surface area contributed by atoms with Crippen molar-refractivity contribution in [2.75, 3.05) is 20.3 Å². The van der Waals surface area contributed by atoms with Crippen LogP contribution in [0.1, 0.15) is 64.4 Å². The van der Waals surface area contributed by atoms with Gasteiger partial charge in [0, 0.05) is 12.6 Å². The Morgan fingerprint density at radius 2 is 1.89 bits per heavy atom. The molecule has 8 nitrogen and oxygen atoms in total. The summed E-state index contributed by atoms with van der Waals surface area (Å²) in [4.78, 5) is 39.8. The summed E-state index contributed by atoms with van der Waals surface area (Å²) in [5.41, 5.74) is 0.894. The Hall–Kier alpha value is -2.45. The summed E-state index contributed by atoms with van der Waals surface area (Å²) in [6, 6.07) is 6.19. The molecule has 0 spiro atoms. The van der Waals surface area contributed by atoms with Crippen LogP contribution in [0.25, 0.3) is 0 Å². The molecule has 194 valence electrons. The van der Waals surface area contributed by atoms with Crippen LogP contribution in [0.3, 0.4) is 0 Å². The molecule has 35 heavy (non-hydrogen) atoms. The first-order chi connectivity index (χ1) is 17.0. The number of benzene rings is 1. The van der Waals surface area contributed by atoms with Crippen LogP contribution in [-0.2, 0) is 30.5 Å². The molecule has 1 saturated heterocycles. The quantitative estimate of drug-likeness (QED) is 0.334. The molecule has 2 fully saturated rings. The summed E-state index contributed by atoms with van der Waals surface area (Å²) in [6.45, 7) is 4.62. The molecule has 0 bridgehead atoms. The molecule has 0 amide bonds.